The third-order valence-corrected chi connectivity index (χ3v) is 4.65. The summed E-state index contributed by atoms with van der Waals surface area (Å²) in [7, 11) is 2.15. The number of hydrogen-bond donors (Lipinski definition) is 0. The first-order chi connectivity index (χ1) is 10.8. The van der Waals surface area contributed by atoms with Gasteiger partial charge in [-0.25, -0.2) is 4.98 Å². The average molecular weight is 296 g/mol. The molecular formula is C14H16N8. The second-order valence-electron chi connectivity index (χ2n) is 6.08. The maximum atomic E-state index is 4.90. The van der Waals surface area contributed by atoms with Gasteiger partial charge in [0.2, 0.25) is 0 Å². The van der Waals surface area contributed by atoms with E-state index in [2.05, 4.69) is 37.0 Å². The largest absolute Gasteiger partial charge is 0.349 e. The molecule has 0 bridgehead atoms. The fourth-order valence-electron chi connectivity index (χ4n) is 3.33. The molecule has 0 atom stereocenters. The molecule has 0 N–H and O–H groups in total. The van der Waals surface area contributed by atoms with Gasteiger partial charge in [0.1, 0.15) is 5.82 Å². The number of hydrogen-bond acceptors (Lipinski definition) is 6. The first kappa shape index (κ1) is 12.1. The Hall–Kier alpha value is -2.51. The molecule has 0 amide bonds. The summed E-state index contributed by atoms with van der Waals surface area (Å²) in [6, 6.07) is 0. The first-order valence-electron chi connectivity index (χ1n) is 7.62. The summed E-state index contributed by atoms with van der Waals surface area (Å²) in [5, 5.41) is 11.7. The van der Waals surface area contributed by atoms with Crippen LogP contribution in [0.25, 0.3) is 5.65 Å². The molecule has 0 saturated heterocycles. The van der Waals surface area contributed by atoms with Crippen LogP contribution in [0, 0.1) is 0 Å². The number of anilines is 1. The molecule has 8 heteroatoms. The molecule has 22 heavy (non-hydrogen) atoms. The summed E-state index contributed by atoms with van der Waals surface area (Å²) < 4.78 is 4.04. The number of imidazole rings is 1. The molecule has 4 heterocycles. The van der Waals surface area contributed by atoms with Crippen molar-refractivity contribution in [2.45, 2.75) is 31.7 Å². The van der Waals surface area contributed by atoms with Crippen LogP contribution in [0.3, 0.4) is 0 Å². The van der Waals surface area contributed by atoms with Gasteiger partial charge in [0.05, 0.1) is 24.6 Å². The Balaban J connectivity index is 1.54. The third kappa shape index (κ3) is 1.66. The topological polar surface area (TPSA) is 77.0 Å². The van der Waals surface area contributed by atoms with Gasteiger partial charge in [0.25, 0.3) is 0 Å². The third-order valence-electron chi connectivity index (χ3n) is 4.65. The number of aromatic nitrogens is 7. The van der Waals surface area contributed by atoms with Crippen LogP contribution in [0.1, 0.15) is 36.0 Å². The molecule has 8 nitrogen and oxygen atoms in total. The van der Waals surface area contributed by atoms with Crippen LogP contribution in [-0.2, 0) is 20.0 Å². The van der Waals surface area contributed by atoms with E-state index < -0.39 is 0 Å². The van der Waals surface area contributed by atoms with Gasteiger partial charge >= 0.3 is 0 Å². The second kappa shape index (κ2) is 4.25. The predicted octanol–water partition coefficient (Wildman–Crippen LogP) is 0.693. The zero-order valence-corrected chi connectivity index (χ0v) is 12.3. The molecule has 112 valence electrons. The summed E-state index contributed by atoms with van der Waals surface area (Å²) in [6.45, 7) is 1.72. The SMILES string of the molecule is Cn1c(C2CC2)nc2c1CCN(c1cncc3nnnn13)C2. The molecule has 1 saturated carbocycles. The summed E-state index contributed by atoms with van der Waals surface area (Å²) in [6.07, 6.45) is 7.04. The van der Waals surface area contributed by atoms with Crippen LogP contribution >= 0.6 is 0 Å². The number of tetrazole rings is 1. The molecule has 0 aromatic carbocycles. The summed E-state index contributed by atoms with van der Waals surface area (Å²) in [5.41, 5.74) is 3.22. The van der Waals surface area contributed by atoms with Gasteiger partial charge in [-0.3, -0.25) is 4.98 Å². The zero-order valence-electron chi connectivity index (χ0n) is 12.3. The van der Waals surface area contributed by atoms with E-state index in [1.807, 2.05) is 6.20 Å². The molecule has 3 aromatic heterocycles. The van der Waals surface area contributed by atoms with Crippen molar-refractivity contribution in [2.75, 3.05) is 11.4 Å². The Morgan fingerprint density at radius 1 is 1.23 bits per heavy atom. The zero-order chi connectivity index (χ0) is 14.7. The van der Waals surface area contributed by atoms with E-state index in [4.69, 9.17) is 4.98 Å². The van der Waals surface area contributed by atoms with Crippen molar-refractivity contribution in [1.29, 1.82) is 0 Å². The molecule has 3 aromatic rings. The Morgan fingerprint density at radius 2 is 2.14 bits per heavy atom. The van der Waals surface area contributed by atoms with E-state index in [1.54, 1.807) is 10.7 Å². The van der Waals surface area contributed by atoms with Crippen LogP contribution < -0.4 is 4.90 Å². The molecule has 5 rings (SSSR count). The highest BCUT2D eigenvalue weighted by Gasteiger charge is 2.32. The fraction of sp³-hybridized carbons (Fsp3) is 0.500. The Labute approximate surface area is 126 Å². The maximum absolute atomic E-state index is 4.90. The summed E-state index contributed by atoms with van der Waals surface area (Å²) in [4.78, 5) is 11.4. The number of fused-ring (bicyclic) bond motifs is 2. The lowest BCUT2D eigenvalue weighted by molar-refractivity contribution is 0.656. The monoisotopic (exact) mass is 296 g/mol. The van der Waals surface area contributed by atoms with Crippen LogP contribution in [0.5, 0.6) is 0 Å². The quantitative estimate of drug-likeness (QED) is 0.692. The fourth-order valence-corrected chi connectivity index (χ4v) is 3.33. The van der Waals surface area contributed by atoms with Crippen molar-refractivity contribution >= 4 is 11.5 Å². The van der Waals surface area contributed by atoms with Crippen molar-refractivity contribution < 1.29 is 0 Å². The van der Waals surface area contributed by atoms with E-state index >= 15 is 0 Å². The Bertz CT molecular complexity index is 859. The van der Waals surface area contributed by atoms with Crippen molar-refractivity contribution in [1.82, 2.24) is 34.6 Å². The second-order valence-corrected chi connectivity index (χ2v) is 6.08. The normalized spacial score (nSPS) is 18.0. The molecule has 1 aliphatic heterocycles. The van der Waals surface area contributed by atoms with Gasteiger partial charge in [-0.2, -0.15) is 4.52 Å². The molecule has 0 unspecified atom stereocenters. The molecule has 1 aliphatic carbocycles. The van der Waals surface area contributed by atoms with Crippen LogP contribution in [0.2, 0.25) is 0 Å². The summed E-state index contributed by atoms with van der Waals surface area (Å²) >= 11 is 0. The van der Waals surface area contributed by atoms with Gasteiger partial charge in [-0.05, 0) is 23.3 Å². The van der Waals surface area contributed by atoms with E-state index in [9.17, 15) is 0 Å². The van der Waals surface area contributed by atoms with E-state index in [-0.39, 0.29) is 0 Å². The molecule has 0 spiro atoms. The average Bonchev–Trinajstić information content (AvgIpc) is 3.17. The van der Waals surface area contributed by atoms with Gasteiger partial charge in [0.15, 0.2) is 11.5 Å². The molecule has 1 fully saturated rings. The lowest BCUT2D eigenvalue weighted by atomic mass is 10.1. The van der Waals surface area contributed by atoms with Crippen molar-refractivity contribution in [3.8, 4) is 0 Å². The van der Waals surface area contributed by atoms with Crippen molar-refractivity contribution in [3.05, 3.63) is 29.6 Å². The van der Waals surface area contributed by atoms with Gasteiger partial charge in [-0.1, -0.05) is 0 Å². The smallest absolute Gasteiger partial charge is 0.199 e. The predicted molar refractivity (Wildman–Crippen MR) is 78.5 cm³/mol. The minimum absolute atomic E-state index is 0.669. The number of rotatable bonds is 2. The van der Waals surface area contributed by atoms with Crippen LogP contribution in [0.4, 0.5) is 5.82 Å². The molecule has 2 aliphatic rings. The van der Waals surface area contributed by atoms with Gasteiger partial charge < -0.3 is 9.47 Å². The van der Waals surface area contributed by atoms with Crippen molar-refractivity contribution in [2.24, 2.45) is 7.05 Å². The van der Waals surface area contributed by atoms with Crippen molar-refractivity contribution in [3.63, 3.8) is 0 Å². The summed E-state index contributed by atoms with van der Waals surface area (Å²) in [5.74, 6) is 2.85. The maximum Gasteiger partial charge on any atom is 0.199 e. The number of nitrogens with zero attached hydrogens (tertiary/aromatic N) is 8. The van der Waals surface area contributed by atoms with E-state index in [1.165, 1.54) is 30.1 Å². The lowest BCUT2D eigenvalue weighted by Crippen LogP contribution is -2.32. The highest BCUT2D eigenvalue weighted by Crippen LogP contribution is 2.40. The first-order valence-corrected chi connectivity index (χ1v) is 7.62. The molecular weight excluding hydrogens is 280 g/mol. The Morgan fingerprint density at radius 3 is 3.00 bits per heavy atom. The van der Waals surface area contributed by atoms with Crippen LogP contribution in [0.15, 0.2) is 12.4 Å². The lowest BCUT2D eigenvalue weighted by Gasteiger charge is -2.28. The van der Waals surface area contributed by atoms with Crippen LogP contribution in [-0.4, -0.2) is 41.1 Å². The standard InChI is InChI=1S/C14H16N8/c1-20-11-4-5-21(8-10(11)16-14(20)9-2-3-9)13-7-15-6-12-17-18-19-22(12)13/h6-7,9H,2-5,8H2,1H3. The highest BCUT2D eigenvalue weighted by molar-refractivity contribution is 5.47. The van der Waals surface area contributed by atoms with Gasteiger partial charge in [0, 0.05) is 31.6 Å². The molecule has 0 radical (unpaired) electrons. The van der Waals surface area contributed by atoms with Gasteiger partial charge in [-0.15, -0.1) is 5.10 Å². The van der Waals surface area contributed by atoms with E-state index in [0.717, 1.165) is 25.3 Å². The highest BCUT2D eigenvalue weighted by atomic mass is 15.5. The minimum Gasteiger partial charge on any atom is -0.349 e. The Kier molecular flexibility index (Phi) is 2.33. The minimum atomic E-state index is 0.669. The van der Waals surface area contributed by atoms with E-state index in [0.29, 0.717) is 11.6 Å².